The molecule has 5 nitrogen and oxygen atoms in total. The third-order valence-electron chi connectivity index (χ3n) is 2.89. The molecule has 1 amide bonds. The average molecular weight is 375 g/mol. The summed E-state index contributed by atoms with van der Waals surface area (Å²) in [5, 5.41) is 3.29. The van der Waals surface area contributed by atoms with Crippen molar-refractivity contribution in [2.45, 2.75) is 6.42 Å². The summed E-state index contributed by atoms with van der Waals surface area (Å²) in [6, 6.07) is 8.04. The smallest absolute Gasteiger partial charge is 0.277 e. The van der Waals surface area contributed by atoms with E-state index >= 15 is 0 Å². The van der Waals surface area contributed by atoms with Crippen molar-refractivity contribution < 1.29 is 4.79 Å². The number of carbonyl (C=O) groups excluding carboxylic acids is 1. The van der Waals surface area contributed by atoms with Crippen molar-refractivity contribution in [1.82, 2.24) is 15.0 Å². The van der Waals surface area contributed by atoms with Gasteiger partial charge in [-0.15, -0.1) is 11.3 Å². The van der Waals surface area contributed by atoms with Gasteiger partial charge in [-0.25, -0.2) is 9.97 Å². The number of benzene rings is 1. The average Bonchev–Trinajstić information content (AvgIpc) is 2.97. The summed E-state index contributed by atoms with van der Waals surface area (Å²) in [6.07, 6.45) is 6.96. The molecule has 0 aliphatic carbocycles. The number of nitrogens with one attached hydrogen (secondary N) is 1. The number of carbonyl (C=O) groups is 1. The number of hydrogen-bond donors (Lipinski definition) is 1. The lowest BCUT2D eigenvalue weighted by molar-refractivity contribution is 0.102. The number of hydrogen-bond acceptors (Lipinski definition) is 5. The van der Waals surface area contributed by atoms with E-state index in [1.807, 2.05) is 18.2 Å². The first-order valence-corrected chi connectivity index (χ1v) is 8.09. The quantitative estimate of drug-likeness (QED) is 0.758. The van der Waals surface area contributed by atoms with Crippen LogP contribution in [0.5, 0.6) is 0 Å². The molecule has 3 rings (SSSR count). The second kappa shape index (κ2) is 6.76. The van der Waals surface area contributed by atoms with Gasteiger partial charge in [0.1, 0.15) is 5.69 Å². The largest absolute Gasteiger partial charge is 0.296 e. The predicted molar refractivity (Wildman–Crippen MR) is 89.0 cm³/mol. The maximum absolute atomic E-state index is 12.0. The summed E-state index contributed by atoms with van der Waals surface area (Å²) in [4.78, 5) is 25.1. The number of rotatable bonds is 4. The van der Waals surface area contributed by atoms with E-state index in [2.05, 4.69) is 42.3 Å². The van der Waals surface area contributed by atoms with Crippen LogP contribution in [0.25, 0.3) is 0 Å². The Bertz CT molecular complexity index is 791. The Kier molecular flexibility index (Phi) is 4.55. The second-order valence-electron chi connectivity index (χ2n) is 4.44. The van der Waals surface area contributed by atoms with Crippen LogP contribution in [0.15, 0.2) is 53.5 Å². The minimum Gasteiger partial charge on any atom is -0.296 e. The highest BCUT2D eigenvalue weighted by atomic mass is 79.9. The Morgan fingerprint density at radius 1 is 1.18 bits per heavy atom. The van der Waals surface area contributed by atoms with Crippen LogP contribution in [-0.4, -0.2) is 20.9 Å². The normalized spacial score (nSPS) is 10.4. The molecule has 0 atom stereocenters. The lowest BCUT2D eigenvalue weighted by Crippen LogP contribution is -2.13. The van der Waals surface area contributed by atoms with Crippen LogP contribution in [-0.2, 0) is 6.42 Å². The van der Waals surface area contributed by atoms with E-state index in [4.69, 9.17) is 0 Å². The van der Waals surface area contributed by atoms with E-state index < -0.39 is 0 Å². The Morgan fingerprint density at radius 3 is 2.82 bits per heavy atom. The SMILES string of the molecule is O=C(Nc1ncc(Cc2ccccc2Br)s1)c1cnccn1. The van der Waals surface area contributed by atoms with Crippen molar-refractivity contribution in [1.29, 1.82) is 0 Å². The van der Waals surface area contributed by atoms with Crippen LogP contribution in [0.2, 0.25) is 0 Å². The first kappa shape index (κ1) is 14.8. The van der Waals surface area contributed by atoms with Gasteiger partial charge in [0.15, 0.2) is 5.13 Å². The molecule has 0 aliphatic rings. The molecule has 0 unspecified atom stereocenters. The number of aromatic nitrogens is 3. The fraction of sp³-hybridized carbons (Fsp3) is 0.0667. The van der Waals surface area contributed by atoms with Gasteiger partial charge in [-0.3, -0.25) is 15.1 Å². The molecule has 0 fully saturated rings. The van der Waals surface area contributed by atoms with Gasteiger partial charge in [0, 0.05) is 34.4 Å². The highest BCUT2D eigenvalue weighted by molar-refractivity contribution is 9.10. The van der Waals surface area contributed by atoms with Crippen molar-refractivity contribution >= 4 is 38.3 Å². The van der Waals surface area contributed by atoms with Crippen molar-refractivity contribution in [2.75, 3.05) is 5.32 Å². The summed E-state index contributed by atoms with van der Waals surface area (Å²) >= 11 is 4.98. The molecule has 1 aromatic carbocycles. The maximum atomic E-state index is 12.0. The Morgan fingerprint density at radius 2 is 2.05 bits per heavy atom. The number of thiazole rings is 1. The van der Waals surface area contributed by atoms with Crippen molar-refractivity contribution in [3.05, 3.63) is 69.7 Å². The van der Waals surface area contributed by atoms with E-state index in [9.17, 15) is 4.79 Å². The highest BCUT2D eigenvalue weighted by Gasteiger charge is 2.11. The number of nitrogens with zero attached hydrogens (tertiary/aromatic N) is 3. The first-order valence-electron chi connectivity index (χ1n) is 6.48. The van der Waals surface area contributed by atoms with Crippen molar-refractivity contribution in [3.63, 3.8) is 0 Å². The fourth-order valence-electron chi connectivity index (χ4n) is 1.85. The minimum atomic E-state index is -0.310. The number of amides is 1. The molecule has 0 bridgehead atoms. The molecule has 0 aliphatic heterocycles. The molecule has 22 heavy (non-hydrogen) atoms. The van der Waals surface area contributed by atoms with E-state index in [0.717, 1.165) is 15.8 Å². The summed E-state index contributed by atoms with van der Waals surface area (Å²) < 4.78 is 1.06. The number of halogens is 1. The lowest BCUT2D eigenvalue weighted by atomic mass is 10.1. The van der Waals surface area contributed by atoms with Gasteiger partial charge < -0.3 is 0 Å². The third-order valence-corrected chi connectivity index (χ3v) is 4.58. The van der Waals surface area contributed by atoms with E-state index in [1.54, 1.807) is 6.20 Å². The van der Waals surface area contributed by atoms with Crippen LogP contribution >= 0.6 is 27.3 Å². The summed E-state index contributed by atoms with van der Waals surface area (Å²) in [6.45, 7) is 0. The first-order chi connectivity index (χ1) is 10.7. The molecule has 0 saturated heterocycles. The van der Waals surface area contributed by atoms with Crippen LogP contribution in [0, 0.1) is 0 Å². The molecule has 0 saturated carbocycles. The molecule has 2 aromatic heterocycles. The standard InChI is InChI=1S/C15H11BrN4OS/c16-12-4-2-1-3-10(12)7-11-8-19-15(22-11)20-14(21)13-9-17-5-6-18-13/h1-6,8-9H,7H2,(H,19,20,21). The molecular formula is C15H11BrN4OS. The molecule has 7 heteroatoms. The van der Waals surface area contributed by atoms with E-state index in [0.29, 0.717) is 5.13 Å². The Labute approximate surface area is 139 Å². The van der Waals surface area contributed by atoms with Gasteiger partial charge in [0.05, 0.1) is 6.20 Å². The van der Waals surface area contributed by atoms with Gasteiger partial charge in [-0.05, 0) is 11.6 Å². The molecular weight excluding hydrogens is 364 g/mol. The van der Waals surface area contributed by atoms with Gasteiger partial charge in [-0.1, -0.05) is 34.1 Å². The van der Waals surface area contributed by atoms with Gasteiger partial charge in [0.2, 0.25) is 0 Å². The monoisotopic (exact) mass is 374 g/mol. The van der Waals surface area contributed by atoms with Crippen molar-refractivity contribution in [2.24, 2.45) is 0 Å². The lowest BCUT2D eigenvalue weighted by Gasteiger charge is -2.01. The van der Waals surface area contributed by atoms with Crippen molar-refractivity contribution in [3.8, 4) is 0 Å². The van der Waals surface area contributed by atoms with E-state index in [1.165, 1.54) is 35.5 Å². The van der Waals surface area contributed by atoms with Gasteiger partial charge in [0.25, 0.3) is 5.91 Å². The van der Waals surface area contributed by atoms with Gasteiger partial charge in [-0.2, -0.15) is 0 Å². The zero-order valence-corrected chi connectivity index (χ0v) is 13.8. The summed E-state index contributed by atoms with van der Waals surface area (Å²) in [5.74, 6) is -0.310. The van der Waals surface area contributed by atoms with Crippen LogP contribution in [0.3, 0.4) is 0 Å². The highest BCUT2D eigenvalue weighted by Crippen LogP contribution is 2.25. The van der Waals surface area contributed by atoms with Crippen LogP contribution < -0.4 is 5.32 Å². The van der Waals surface area contributed by atoms with Crippen LogP contribution in [0.1, 0.15) is 20.9 Å². The topological polar surface area (TPSA) is 67.8 Å². The molecule has 0 spiro atoms. The second-order valence-corrected chi connectivity index (χ2v) is 6.41. The van der Waals surface area contributed by atoms with E-state index in [-0.39, 0.29) is 11.6 Å². The summed E-state index contributed by atoms with van der Waals surface area (Å²) in [7, 11) is 0. The molecule has 3 aromatic rings. The molecule has 110 valence electrons. The Balaban J connectivity index is 1.69. The van der Waals surface area contributed by atoms with Crippen LogP contribution in [0.4, 0.5) is 5.13 Å². The zero-order chi connectivity index (χ0) is 15.4. The Hall–Kier alpha value is -2.12. The zero-order valence-electron chi connectivity index (χ0n) is 11.4. The molecule has 1 N–H and O–H groups in total. The predicted octanol–water partition coefficient (Wildman–Crippen LogP) is 3.54. The fourth-order valence-corrected chi connectivity index (χ4v) is 3.11. The summed E-state index contributed by atoms with van der Waals surface area (Å²) in [5.41, 5.74) is 1.45. The molecule has 0 radical (unpaired) electrons. The third kappa shape index (κ3) is 3.55. The molecule has 2 heterocycles. The maximum Gasteiger partial charge on any atom is 0.277 e. The van der Waals surface area contributed by atoms with Gasteiger partial charge >= 0.3 is 0 Å². The minimum absolute atomic E-state index is 0.269. The number of anilines is 1.